The number of amides is 2. The van der Waals surface area contributed by atoms with Crippen LogP contribution in [-0.4, -0.2) is 24.9 Å². The highest BCUT2D eigenvalue weighted by atomic mass is 35.5. The highest BCUT2D eigenvalue weighted by Crippen LogP contribution is 2.35. The second-order valence-electron chi connectivity index (χ2n) is 5.35. The van der Waals surface area contributed by atoms with Crippen LogP contribution < -0.4 is 10.6 Å². The van der Waals surface area contributed by atoms with Gasteiger partial charge in [-0.1, -0.05) is 43.6 Å². The van der Waals surface area contributed by atoms with Crippen molar-refractivity contribution in [2.45, 2.75) is 13.8 Å². The fraction of sp³-hybridized carbons (Fsp3) is 0.294. The highest BCUT2D eigenvalue weighted by Gasteiger charge is 2.08. The lowest BCUT2D eigenvalue weighted by molar-refractivity contribution is -0.124. The molecule has 6 heteroatoms. The van der Waals surface area contributed by atoms with Crippen LogP contribution in [0, 0.1) is 5.92 Å². The van der Waals surface area contributed by atoms with Crippen molar-refractivity contribution < 1.29 is 9.59 Å². The molecular formula is C17H19ClN2O2S. The zero-order chi connectivity index (χ0) is 16.8. The molecule has 2 amide bonds. The van der Waals surface area contributed by atoms with E-state index in [0.29, 0.717) is 18.1 Å². The van der Waals surface area contributed by atoms with Crippen molar-refractivity contribution in [1.29, 1.82) is 0 Å². The number of benzene rings is 1. The Bertz CT molecular complexity index is 737. The van der Waals surface area contributed by atoms with Crippen LogP contribution in [0.4, 0.5) is 0 Å². The minimum Gasteiger partial charge on any atom is -0.354 e. The first-order valence-corrected chi connectivity index (χ1v) is 8.59. The summed E-state index contributed by atoms with van der Waals surface area (Å²) in [7, 11) is 0. The minimum atomic E-state index is -0.211. The average molecular weight is 351 g/mol. The van der Waals surface area contributed by atoms with Crippen LogP contribution in [0.5, 0.6) is 0 Å². The molecule has 0 fully saturated rings. The van der Waals surface area contributed by atoms with Crippen LogP contribution in [0.25, 0.3) is 16.2 Å². The molecule has 0 bridgehead atoms. The van der Waals surface area contributed by atoms with Gasteiger partial charge in [-0.3, -0.25) is 9.59 Å². The smallest absolute Gasteiger partial charge is 0.244 e. The first-order chi connectivity index (χ1) is 11.0. The van der Waals surface area contributed by atoms with Gasteiger partial charge in [0.2, 0.25) is 11.8 Å². The fourth-order valence-electron chi connectivity index (χ4n) is 1.93. The lowest BCUT2D eigenvalue weighted by Gasteiger charge is -2.07. The molecule has 0 saturated heterocycles. The van der Waals surface area contributed by atoms with Crippen LogP contribution in [0.2, 0.25) is 5.02 Å². The molecule has 1 heterocycles. The van der Waals surface area contributed by atoms with Crippen LogP contribution in [-0.2, 0) is 9.59 Å². The quantitative estimate of drug-likeness (QED) is 0.619. The number of nitrogens with one attached hydrogen (secondary N) is 2. The molecule has 0 aliphatic carbocycles. The maximum absolute atomic E-state index is 11.8. The van der Waals surface area contributed by atoms with Crippen molar-refractivity contribution in [3.63, 3.8) is 0 Å². The maximum Gasteiger partial charge on any atom is 0.244 e. The molecule has 2 rings (SSSR count). The fourth-order valence-corrected chi connectivity index (χ4v) is 3.32. The van der Waals surface area contributed by atoms with Gasteiger partial charge in [0, 0.05) is 40.0 Å². The Morgan fingerprint density at radius 3 is 2.61 bits per heavy atom. The van der Waals surface area contributed by atoms with E-state index in [2.05, 4.69) is 10.6 Å². The van der Waals surface area contributed by atoms with Gasteiger partial charge < -0.3 is 10.6 Å². The van der Waals surface area contributed by atoms with Gasteiger partial charge in [0.05, 0.1) is 5.02 Å². The Balaban J connectivity index is 1.86. The zero-order valence-corrected chi connectivity index (χ0v) is 14.6. The molecule has 0 saturated carbocycles. The number of carbonyl (C=O) groups is 2. The number of hydrogen-bond donors (Lipinski definition) is 2. The second kappa shape index (κ2) is 8.13. The Morgan fingerprint density at radius 2 is 1.91 bits per heavy atom. The normalized spacial score (nSPS) is 11.3. The van der Waals surface area contributed by atoms with E-state index in [1.165, 1.54) is 6.08 Å². The van der Waals surface area contributed by atoms with Crippen molar-refractivity contribution in [2.75, 3.05) is 13.1 Å². The third-order valence-electron chi connectivity index (χ3n) is 3.19. The molecular weight excluding hydrogens is 332 g/mol. The molecule has 23 heavy (non-hydrogen) atoms. The number of halogens is 1. The highest BCUT2D eigenvalue weighted by molar-refractivity contribution is 7.20. The SMILES string of the molecule is CC(C)C(=O)NCCNC(=O)/C=C/c1sc2ccccc2c1Cl. The van der Waals surface area contributed by atoms with E-state index in [9.17, 15) is 9.59 Å². The molecule has 0 spiro atoms. The Morgan fingerprint density at radius 1 is 1.22 bits per heavy atom. The first kappa shape index (κ1) is 17.5. The average Bonchev–Trinajstić information content (AvgIpc) is 2.86. The number of thiophene rings is 1. The summed E-state index contributed by atoms with van der Waals surface area (Å²) in [6.07, 6.45) is 3.18. The summed E-state index contributed by atoms with van der Waals surface area (Å²) in [5.41, 5.74) is 0. The summed E-state index contributed by atoms with van der Waals surface area (Å²) in [4.78, 5) is 24.0. The van der Waals surface area contributed by atoms with Crippen LogP contribution in [0.15, 0.2) is 30.3 Å². The predicted molar refractivity (Wildman–Crippen MR) is 96.7 cm³/mol. The van der Waals surface area contributed by atoms with Crippen molar-refractivity contribution in [2.24, 2.45) is 5.92 Å². The summed E-state index contributed by atoms with van der Waals surface area (Å²) in [6, 6.07) is 7.86. The van der Waals surface area contributed by atoms with Gasteiger partial charge in [-0.2, -0.15) is 0 Å². The predicted octanol–water partition coefficient (Wildman–Crippen LogP) is 3.46. The monoisotopic (exact) mass is 350 g/mol. The van der Waals surface area contributed by atoms with Crippen molar-refractivity contribution >= 4 is 50.9 Å². The molecule has 1 aromatic heterocycles. The minimum absolute atomic E-state index is 0.0214. The molecule has 2 N–H and O–H groups in total. The maximum atomic E-state index is 11.8. The van der Waals surface area contributed by atoms with Crippen LogP contribution in [0.1, 0.15) is 18.7 Å². The lowest BCUT2D eigenvalue weighted by Crippen LogP contribution is -2.35. The molecule has 0 unspecified atom stereocenters. The van der Waals surface area contributed by atoms with E-state index in [1.807, 2.05) is 38.1 Å². The van der Waals surface area contributed by atoms with E-state index >= 15 is 0 Å². The van der Waals surface area contributed by atoms with Gasteiger partial charge in [-0.05, 0) is 12.1 Å². The number of hydrogen-bond acceptors (Lipinski definition) is 3. The van der Waals surface area contributed by atoms with Gasteiger partial charge in [-0.15, -0.1) is 11.3 Å². The van der Waals surface area contributed by atoms with Gasteiger partial charge in [-0.25, -0.2) is 0 Å². The Labute approximate surface area is 144 Å². The summed E-state index contributed by atoms with van der Waals surface area (Å²) < 4.78 is 1.09. The number of rotatable bonds is 6. The van der Waals surface area contributed by atoms with E-state index in [0.717, 1.165) is 15.0 Å². The third kappa shape index (κ3) is 4.81. The van der Waals surface area contributed by atoms with Crippen LogP contribution in [0.3, 0.4) is 0 Å². The van der Waals surface area contributed by atoms with Crippen molar-refractivity contribution in [3.8, 4) is 0 Å². The first-order valence-electron chi connectivity index (χ1n) is 7.39. The van der Waals surface area contributed by atoms with Gasteiger partial charge in [0.15, 0.2) is 0 Å². The summed E-state index contributed by atoms with van der Waals surface area (Å²) in [5.74, 6) is -0.287. The number of fused-ring (bicyclic) bond motifs is 1. The van der Waals surface area contributed by atoms with Gasteiger partial charge in [0.1, 0.15) is 0 Å². The molecule has 4 nitrogen and oxygen atoms in total. The largest absolute Gasteiger partial charge is 0.354 e. The van der Waals surface area contributed by atoms with E-state index in [4.69, 9.17) is 11.6 Å². The van der Waals surface area contributed by atoms with Crippen molar-refractivity contribution in [1.82, 2.24) is 10.6 Å². The molecule has 0 atom stereocenters. The van der Waals surface area contributed by atoms with Gasteiger partial charge >= 0.3 is 0 Å². The molecule has 122 valence electrons. The molecule has 1 aromatic carbocycles. The van der Waals surface area contributed by atoms with Gasteiger partial charge in [0.25, 0.3) is 0 Å². The molecule has 0 aliphatic heterocycles. The van der Waals surface area contributed by atoms with E-state index < -0.39 is 0 Å². The standard InChI is InChI=1S/C17H19ClN2O2S/c1-11(2)17(22)20-10-9-19-15(21)8-7-14-16(18)12-5-3-4-6-13(12)23-14/h3-8,11H,9-10H2,1-2H3,(H,19,21)(H,20,22)/b8-7+. The molecule has 2 aromatic rings. The Kier molecular flexibility index (Phi) is 6.19. The van der Waals surface area contributed by atoms with E-state index in [-0.39, 0.29) is 17.7 Å². The third-order valence-corrected chi connectivity index (χ3v) is 4.85. The summed E-state index contributed by atoms with van der Waals surface area (Å²) in [5, 5.41) is 7.12. The van der Waals surface area contributed by atoms with Crippen LogP contribution >= 0.6 is 22.9 Å². The summed E-state index contributed by atoms with van der Waals surface area (Å²) >= 11 is 7.86. The molecule has 0 radical (unpaired) electrons. The zero-order valence-electron chi connectivity index (χ0n) is 13.1. The van der Waals surface area contributed by atoms with E-state index in [1.54, 1.807) is 17.4 Å². The lowest BCUT2D eigenvalue weighted by atomic mass is 10.2. The molecule has 0 aliphatic rings. The topological polar surface area (TPSA) is 58.2 Å². The second-order valence-corrected chi connectivity index (χ2v) is 6.81. The van der Waals surface area contributed by atoms with Crippen molar-refractivity contribution in [3.05, 3.63) is 40.2 Å². The number of carbonyl (C=O) groups excluding carboxylic acids is 2. The Hall–Kier alpha value is -1.85. The summed E-state index contributed by atoms with van der Waals surface area (Å²) in [6.45, 7) is 4.46.